The molecule has 1 amide bonds. The Labute approximate surface area is 164 Å². The number of halogens is 1. The van der Waals surface area contributed by atoms with Gasteiger partial charge in [-0.05, 0) is 44.9 Å². The van der Waals surface area contributed by atoms with Gasteiger partial charge in [0.15, 0.2) is 5.69 Å². The van der Waals surface area contributed by atoms with Crippen LogP contribution in [0.15, 0.2) is 24.3 Å². The minimum atomic E-state index is -0.220. The van der Waals surface area contributed by atoms with Crippen LogP contribution in [0.5, 0.6) is 0 Å². The first-order chi connectivity index (χ1) is 13.4. The van der Waals surface area contributed by atoms with Crippen LogP contribution in [0.1, 0.15) is 54.5 Å². The molecule has 4 rings (SSSR count). The molecule has 1 fully saturated rings. The maximum atomic E-state index is 13.5. The molecule has 2 aromatic rings. The maximum absolute atomic E-state index is 13.5. The smallest absolute Gasteiger partial charge is 0.274 e. The summed E-state index contributed by atoms with van der Waals surface area (Å²) in [5.41, 5.74) is 3.32. The Kier molecular flexibility index (Phi) is 5.10. The number of carbonyl (C=O) groups is 1. The van der Waals surface area contributed by atoms with Crippen LogP contribution in [0.3, 0.4) is 0 Å². The topological polar surface area (TPSA) is 61.5 Å². The van der Waals surface area contributed by atoms with E-state index in [2.05, 4.69) is 15.1 Å². The van der Waals surface area contributed by atoms with Gasteiger partial charge in [0.25, 0.3) is 5.91 Å². The van der Waals surface area contributed by atoms with Gasteiger partial charge in [-0.1, -0.05) is 6.07 Å². The van der Waals surface area contributed by atoms with Gasteiger partial charge in [0.05, 0.1) is 17.9 Å². The number of aromatic amines is 1. The number of fused-ring (bicyclic) bond motifs is 1. The Morgan fingerprint density at radius 3 is 2.79 bits per heavy atom. The van der Waals surface area contributed by atoms with Crippen molar-refractivity contribution in [2.24, 2.45) is 0 Å². The predicted octanol–water partition coefficient (Wildman–Crippen LogP) is 3.31. The molecule has 6 nitrogen and oxygen atoms in total. The van der Waals surface area contributed by atoms with Gasteiger partial charge in [-0.15, -0.1) is 0 Å². The number of amides is 1. The van der Waals surface area contributed by atoms with Crippen LogP contribution >= 0.6 is 0 Å². The third-order valence-electron chi connectivity index (χ3n) is 5.94. The van der Waals surface area contributed by atoms with E-state index < -0.39 is 0 Å². The summed E-state index contributed by atoms with van der Waals surface area (Å²) < 4.78 is 19.3. The fourth-order valence-electron chi connectivity index (χ4n) is 4.37. The third kappa shape index (κ3) is 3.51. The molecule has 150 valence electrons. The Hall–Kier alpha value is -2.41. The van der Waals surface area contributed by atoms with Gasteiger partial charge >= 0.3 is 0 Å². The molecular weight excluding hydrogens is 359 g/mol. The van der Waals surface area contributed by atoms with Crippen molar-refractivity contribution in [1.29, 1.82) is 0 Å². The predicted molar refractivity (Wildman–Crippen MR) is 105 cm³/mol. The molecule has 1 saturated heterocycles. The lowest BCUT2D eigenvalue weighted by Crippen LogP contribution is -2.46. The Bertz CT molecular complexity index is 860. The molecule has 0 bridgehead atoms. The highest BCUT2D eigenvalue weighted by atomic mass is 19.1. The van der Waals surface area contributed by atoms with Gasteiger partial charge in [0, 0.05) is 43.9 Å². The van der Waals surface area contributed by atoms with Crippen molar-refractivity contribution >= 4 is 11.6 Å². The standard InChI is InChI=1S/C21H27FN4O2/c1-13-11-18-19(14(2)28-13)23-24-20(18)21(27)25(3)16-7-9-26(10-8-16)17-6-4-5-15(22)12-17/h4-6,12-14,16H,7-11H2,1-3H3,(H,23,24)/t13-,14+/m1/s1. The first-order valence-electron chi connectivity index (χ1n) is 9.94. The summed E-state index contributed by atoms with van der Waals surface area (Å²) in [6, 6.07) is 6.84. The summed E-state index contributed by atoms with van der Waals surface area (Å²) in [5, 5.41) is 7.33. The molecule has 2 aliphatic heterocycles. The number of ether oxygens (including phenoxy) is 1. The van der Waals surface area contributed by atoms with E-state index in [9.17, 15) is 9.18 Å². The number of rotatable bonds is 3. The Morgan fingerprint density at radius 1 is 1.32 bits per heavy atom. The lowest BCUT2D eigenvalue weighted by Gasteiger charge is -2.37. The quantitative estimate of drug-likeness (QED) is 0.879. The van der Waals surface area contributed by atoms with Gasteiger partial charge in [-0.25, -0.2) is 4.39 Å². The number of hydrogen-bond donors (Lipinski definition) is 1. The van der Waals surface area contributed by atoms with Gasteiger partial charge in [0.2, 0.25) is 0 Å². The lowest BCUT2D eigenvalue weighted by atomic mass is 9.98. The molecule has 0 radical (unpaired) electrons. The van der Waals surface area contributed by atoms with E-state index in [1.54, 1.807) is 12.1 Å². The maximum Gasteiger partial charge on any atom is 0.274 e. The molecule has 28 heavy (non-hydrogen) atoms. The van der Waals surface area contributed by atoms with Crippen LogP contribution in [0, 0.1) is 5.82 Å². The molecule has 3 heterocycles. The number of hydrogen-bond acceptors (Lipinski definition) is 4. The summed E-state index contributed by atoms with van der Waals surface area (Å²) in [4.78, 5) is 17.1. The van der Waals surface area contributed by atoms with E-state index in [0.717, 1.165) is 42.9 Å². The zero-order valence-electron chi connectivity index (χ0n) is 16.6. The van der Waals surface area contributed by atoms with Crippen molar-refractivity contribution in [2.75, 3.05) is 25.0 Å². The van der Waals surface area contributed by atoms with E-state index >= 15 is 0 Å². The average molecular weight is 386 g/mol. The van der Waals surface area contributed by atoms with E-state index in [-0.39, 0.29) is 30.0 Å². The van der Waals surface area contributed by atoms with Crippen LogP contribution in [0.4, 0.5) is 10.1 Å². The second kappa shape index (κ2) is 7.54. The second-order valence-corrected chi connectivity index (χ2v) is 7.87. The van der Waals surface area contributed by atoms with Gasteiger partial charge in [-0.2, -0.15) is 5.10 Å². The molecule has 0 aliphatic carbocycles. The largest absolute Gasteiger partial charge is 0.371 e. The molecule has 1 aromatic heterocycles. The number of piperidine rings is 1. The fraction of sp³-hybridized carbons (Fsp3) is 0.524. The Morgan fingerprint density at radius 2 is 2.07 bits per heavy atom. The number of H-pyrrole nitrogens is 1. The number of carbonyl (C=O) groups excluding carboxylic acids is 1. The van der Waals surface area contributed by atoms with Gasteiger partial charge in [0.1, 0.15) is 5.82 Å². The molecular formula is C21H27FN4O2. The van der Waals surface area contributed by atoms with E-state index in [1.165, 1.54) is 6.07 Å². The van der Waals surface area contributed by atoms with Crippen molar-refractivity contribution in [3.8, 4) is 0 Å². The summed E-state index contributed by atoms with van der Waals surface area (Å²) in [7, 11) is 1.86. The highest BCUT2D eigenvalue weighted by Gasteiger charge is 2.33. The number of anilines is 1. The summed E-state index contributed by atoms with van der Waals surface area (Å²) in [6.07, 6.45) is 2.39. The van der Waals surface area contributed by atoms with Crippen molar-refractivity contribution in [1.82, 2.24) is 15.1 Å². The SMILES string of the molecule is C[C@@H]1Cc2c(C(=O)N(C)C3CCN(c4cccc(F)c4)CC3)n[nH]c2[C@H](C)O1. The van der Waals surface area contributed by atoms with Crippen molar-refractivity contribution < 1.29 is 13.9 Å². The molecule has 1 aromatic carbocycles. The highest BCUT2D eigenvalue weighted by molar-refractivity contribution is 5.94. The van der Waals surface area contributed by atoms with Crippen LogP contribution in [0.25, 0.3) is 0 Å². The fourth-order valence-corrected chi connectivity index (χ4v) is 4.37. The zero-order valence-corrected chi connectivity index (χ0v) is 16.6. The number of aromatic nitrogens is 2. The average Bonchev–Trinajstić information content (AvgIpc) is 3.11. The lowest BCUT2D eigenvalue weighted by molar-refractivity contribution is -0.00703. The number of nitrogens with one attached hydrogen (secondary N) is 1. The van der Waals surface area contributed by atoms with Crippen LogP contribution in [0.2, 0.25) is 0 Å². The third-order valence-corrected chi connectivity index (χ3v) is 5.94. The first kappa shape index (κ1) is 18.9. The minimum absolute atomic E-state index is 0.0389. The molecule has 1 N–H and O–H groups in total. The van der Waals surface area contributed by atoms with Crippen LogP contribution in [-0.2, 0) is 11.2 Å². The van der Waals surface area contributed by atoms with Gasteiger partial charge < -0.3 is 14.5 Å². The molecule has 2 aliphatic rings. The first-order valence-corrected chi connectivity index (χ1v) is 9.94. The molecule has 7 heteroatoms. The van der Waals surface area contributed by atoms with E-state index in [1.807, 2.05) is 31.9 Å². The van der Waals surface area contributed by atoms with Crippen molar-refractivity contribution in [3.05, 3.63) is 47.0 Å². The Balaban J connectivity index is 1.43. The molecule has 2 atom stereocenters. The number of benzene rings is 1. The van der Waals surface area contributed by atoms with E-state index in [0.29, 0.717) is 12.1 Å². The summed E-state index contributed by atoms with van der Waals surface area (Å²) >= 11 is 0. The van der Waals surface area contributed by atoms with Crippen LogP contribution in [-0.4, -0.2) is 53.3 Å². The molecule has 0 unspecified atom stereocenters. The van der Waals surface area contributed by atoms with Crippen molar-refractivity contribution in [3.63, 3.8) is 0 Å². The number of nitrogens with zero attached hydrogens (tertiary/aromatic N) is 3. The highest BCUT2D eigenvalue weighted by Crippen LogP contribution is 2.31. The van der Waals surface area contributed by atoms with E-state index in [4.69, 9.17) is 4.74 Å². The monoisotopic (exact) mass is 386 g/mol. The molecule has 0 saturated carbocycles. The second-order valence-electron chi connectivity index (χ2n) is 7.87. The zero-order chi connectivity index (χ0) is 19.8. The summed E-state index contributed by atoms with van der Waals surface area (Å²) in [6.45, 7) is 5.60. The minimum Gasteiger partial charge on any atom is -0.371 e. The normalized spacial score (nSPS) is 22.8. The summed E-state index contributed by atoms with van der Waals surface area (Å²) in [5.74, 6) is -0.259. The van der Waals surface area contributed by atoms with Gasteiger partial charge in [-0.3, -0.25) is 9.89 Å². The van der Waals surface area contributed by atoms with Crippen molar-refractivity contribution in [2.45, 2.75) is 51.4 Å². The van der Waals surface area contributed by atoms with Crippen LogP contribution < -0.4 is 4.90 Å². The molecule has 0 spiro atoms.